The molecule has 2 nitrogen and oxygen atoms in total. The average molecular weight is 303 g/mol. The summed E-state index contributed by atoms with van der Waals surface area (Å²) in [5, 5.41) is 0. The number of unbranched alkanes of at least 4 members (excludes halogenated alkanes) is 1. The third-order valence-corrected chi connectivity index (χ3v) is 3.90. The van der Waals surface area contributed by atoms with Crippen molar-refractivity contribution in [3.63, 3.8) is 0 Å². The largest absolute Gasteiger partial charge is 0.383 e. The Hall–Kier alpha value is -1.48. The molecule has 3 heteroatoms. The van der Waals surface area contributed by atoms with Gasteiger partial charge in [-0.25, -0.2) is 0 Å². The van der Waals surface area contributed by atoms with E-state index in [0.29, 0.717) is 0 Å². The van der Waals surface area contributed by atoms with Gasteiger partial charge in [-0.3, -0.25) is 4.79 Å². The second-order valence-corrected chi connectivity index (χ2v) is 6.05. The zero-order valence-electron chi connectivity index (χ0n) is 13.4. The summed E-state index contributed by atoms with van der Waals surface area (Å²) in [5.41, 5.74) is 3.65. The summed E-state index contributed by atoms with van der Waals surface area (Å²) in [5.74, 6) is 0. The summed E-state index contributed by atoms with van der Waals surface area (Å²) in [6.07, 6.45) is 11.9. The fourth-order valence-corrected chi connectivity index (χ4v) is 2.60. The van der Waals surface area contributed by atoms with Crippen molar-refractivity contribution in [1.82, 2.24) is 4.90 Å². The van der Waals surface area contributed by atoms with Gasteiger partial charge in [0.15, 0.2) is 0 Å². The fourth-order valence-electron chi connectivity index (χ4n) is 2.16. The molecule has 0 radical (unpaired) electrons. The molecule has 21 heavy (non-hydrogen) atoms. The maximum atomic E-state index is 10.7. The van der Waals surface area contributed by atoms with E-state index in [1.54, 1.807) is 17.8 Å². The smallest absolute Gasteiger partial charge is 0.142 e. The zero-order chi connectivity index (χ0) is 15.7. The van der Waals surface area contributed by atoms with E-state index in [9.17, 15) is 4.79 Å². The van der Waals surface area contributed by atoms with E-state index in [4.69, 9.17) is 0 Å². The van der Waals surface area contributed by atoms with E-state index in [-0.39, 0.29) is 0 Å². The Morgan fingerprint density at radius 3 is 2.67 bits per heavy atom. The van der Waals surface area contributed by atoms with Gasteiger partial charge in [0.1, 0.15) is 6.29 Å². The lowest BCUT2D eigenvalue weighted by atomic mass is 9.96. The molecule has 0 fully saturated rings. The van der Waals surface area contributed by atoms with Crippen molar-refractivity contribution in [3.8, 4) is 0 Å². The molecule has 114 valence electrons. The van der Waals surface area contributed by atoms with Crippen LogP contribution < -0.4 is 0 Å². The van der Waals surface area contributed by atoms with Crippen LogP contribution in [0, 0.1) is 0 Å². The molecule has 0 aromatic heterocycles. The molecule has 0 saturated heterocycles. The van der Waals surface area contributed by atoms with Gasteiger partial charge in [0.25, 0.3) is 0 Å². The molecule has 0 aliphatic carbocycles. The van der Waals surface area contributed by atoms with Crippen LogP contribution in [-0.2, 0) is 11.2 Å². The summed E-state index contributed by atoms with van der Waals surface area (Å²) in [6.45, 7) is 2.21. The van der Waals surface area contributed by atoms with Gasteiger partial charge in [-0.15, -0.1) is 11.8 Å². The molecule has 1 aromatic rings. The normalized spacial score (nSPS) is 11.9. The first-order valence-electron chi connectivity index (χ1n) is 7.29. The molecule has 0 N–H and O–H groups in total. The van der Waals surface area contributed by atoms with Crippen molar-refractivity contribution in [3.05, 3.63) is 47.7 Å². The molecule has 0 aliphatic heterocycles. The molecule has 0 spiro atoms. The van der Waals surface area contributed by atoms with Crippen molar-refractivity contribution >= 4 is 23.6 Å². The number of allylic oxidation sites excluding steroid dienone is 3. The van der Waals surface area contributed by atoms with Crippen LogP contribution in [0.25, 0.3) is 5.57 Å². The first kappa shape index (κ1) is 17.6. The van der Waals surface area contributed by atoms with Gasteiger partial charge in [-0.2, -0.15) is 0 Å². The van der Waals surface area contributed by atoms with E-state index in [1.807, 2.05) is 25.1 Å². The summed E-state index contributed by atoms with van der Waals surface area (Å²) >= 11 is 1.74. The minimum absolute atomic E-state index is 0.827. The van der Waals surface area contributed by atoms with Crippen molar-refractivity contribution in [2.24, 2.45) is 0 Å². The molecule has 1 aromatic carbocycles. The molecule has 0 saturated carbocycles. The Morgan fingerprint density at radius 1 is 1.33 bits per heavy atom. The predicted molar refractivity (Wildman–Crippen MR) is 93.7 cm³/mol. The number of hydrogen-bond acceptors (Lipinski definition) is 3. The quantitative estimate of drug-likeness (QED) is 0.307. The van der Waals surface area contributed by atoms with Gasteiger partial charge >= 0.3 is 0 Å². The standard InChI is InChI=1S/C18H25NOS/c1-5-6-8-15-10-11-17(21-4)13-18(15)16(9-7-12-20)14-19(2)3/h7,9-14H,5-6,8H2,1-4H3/b9-7-,16-14+. The third-order valence-electron chi connectivity index (χ3n) is 3.18. The number of rotatable bonds is 8. The van der Waals surface area contributed by atoms with Crippen LogP contribution in [0.3, 0.4) is 0 Å². The first-order valence-corrected chi connectivity index (χ1v) is 8.52. The van der Waals surface area contributed by atoms with Gasteiger partial charge in [-0.1, -0.05) is 19.4 Å². The number of hydrogen-bond donors (Lipinski definition) is 0. The van der Waals surface area contributed by atoms with E-state index >= 15 is 0 Å². The molecule has 0 heterocycles. The van der Waals surface area contributed by atoms with Crippen LogP contribution >= 0.6 is 11.8 Å². The number of nitrogens with zero attached hydrogens (tertiary/aromatic N) is 1. The number of aldehydes is 1. The number of benzene rings is 1. The lowest BCUT2D eigenvalue weighted by molar-refractivity contribution is -0.104. The Balaban J connectivity index is 3.30. The van der Waals surface area contributed by atoms with E-state index < -0.39 is 0 Å². The molecule has 0 atom stereocenters. The van der Waals surface area contributed by atoms with E-state index in [2.05, 4.69) is 37.6 Å². The highest BCUT2D eigenvalue weighted by Crippen LogP contribution is 2.27. The summed E-state index contributed by atoms with van der Waals surface area (Å²) in [4.78, 5) is 13.9. The lowest BCUT2D eigenvalue weighted by Crippen LogP contribution is -2.03. The van der Waals surface area contributed by atoms with Crippen molar-refractivity contribution in [2.45, 2.75) is 31.1 Å². The Morgan fingerprint density at radius 2 is 2.10 bits per heavy atom. The third kappa shape index (κ3) is 5.80. The predicted octanol–water partition coefficient (Wildman–Crippen LogP) is 4.41. The summed E-state index contributed by atoms with van der Waals surface area (Å²) < 4.78 is 0. The molecular weight excluding hydrogens is 278 g/mol. The van der Waals surface area contributed by atoms with E-state index in [0.717, 1.165) is 18.3 Å². The highest BCUT2D eigenvalue weighted by Gasteiger charge is 2.08. The number of aryl methyl sites for hydroxylation is 1. The first-order chi connectivity index (χ1) is 10.1. The van der Waals surface area contributed by atoms with Crippen LogP contribution in [0.4, 0.5) is 0 Å². The minimum atomic E-state index is 0.827. The molecule has 0 amide bonds. The Kier molecular flexibility index (Phi) is 7.91. The zero-order valence-corrected chi connectivity index (χ0v) is 14.2. The Labute approximate surface area is 132 Å². The van der Waals surface area contributed by atoms with Crippen molar-refractivity contribution in [2.75, 3.05) is 20.4 Å². The maximum Gasteiger partial charge on any atom is 0.142 e. The van der Waals surface area contributed by atoms with E-state index in [1.165, 1.54) is 28.9 Å². The second kappa shape index (κ2) is 9.46. The SMILES string of the molecule is CCCCc1ccc(SC)cc1C(/C=C\C=O)=C/N(C)C. The maximum absolute atomic E-state index is 10.7. The van der Waals surface area contributed by atoms with Gasteiger partial charge in [0.2, 0.25) is 0 Å². The number of carbonyl (C=O) groups excluding carboxylic acids is 1. The second-order valence-electron chi connectivity index (χ2n) is 5.17. The highest BCUT2D eigenvalue weighted by molar-refractivity contribution is 7.98. The topological polar surface area (TPSA) is 20.3 Å². The molecule has 0 aliphatic rings. The van der Waals surface area contributed by atoms with Crippen molar-refractivity contribution in [1.29, 1.82) is 0 Å². The summed E-state index contributed by atoms with van der Waals surface area (Å²) in [6, 6.07) is 6.62. The molecule has 0 unspecified atom stereocenters. The van der Waals surface area contributed by atoms with Crippen LogP contribution in [0.5, 0.6) is 0 Å². The van der Waals surface area contributed by atoms with Crippen LogP contribution in [-0.4, -0.2) is 31.5 Å². The van der Waals surface area contributed by atoms with Gasteiger partial charge in [0.05, 0.1) is 0 Å². The number of carbonyl (C=O) groups is 1. The molecule has 0 bridgehead atoms. The highest BCUT2D eigenvalue weighted by atomic mass is 32.2. The minimum Gasteiger partial charge on any atom is -0.383 e. The van der Waals surface area contributed by atoms with Crippen LogP contribution in [0.2, 0.25) is 0 Å². The molecular formula is C18H25NOS. The van der Waals surface area contributed by atoms with Gasteiger partial charge < -0.3 is 4.90 Å². The monoisotopic (exact) mass is 303 g/mol. The Bertz CT molecular complexity index is 518. The molecule has 1 rings (SSSR count). The lowest BCUT2D eigenvalue weighted by Gasteiger charge is -2.15. The van der Waals surface area contributed by atoms with Crippen LogP contribution in [0.1, 0.15) is 30.9 Å². The summed E-state index contributed by atoms with van der Waals surface area (Å²) in [7, 11) is 4.00. The van der Waals surface area contributed by atoms with Gasteiger partial charge in [-0.05, 0) is 60.1 Å². The average Bonchev–Trinajstić information content (AvgIpc) is 2.49. The number of thioether (sulfide) groups is 1. The fraction of sp³-hybridized carbons (Fsp3) is 0.389. The van der Waals surface area contributed by atoms with Crippen LogP contribution in [0.15, 0.2) is 41.4 Å². The van der Waals surface area contributed by atoms with Gasteiger partial charge in [0, 0.05) is 25.2 Å². The van der Waals surface area contributed by atoms with Crippen molar-refractivity contribution < 1.29 is 4.79 Å².